The Labute approximate surface area is 132 Å². The molecule has 116 valence electrons. The summed E-state index contributed by atoms with van der Waals surface area (Å²) in [5.41, 5.74) is 6.63. The van der Waals surface area contributed by atoms with E-state index in [9.17, 15) is 4.79 Å². The largest absolute Gasteiger partial charge is 0.335 e. The van der Waals surface area contributed by atoms with Gasteiger partial charge in [0.05, 0.1) is 0 Å². The highest BCUT2D eigenvalue weighted by molar-refractivity contribution is 6.30. The van der Waals surface area contributed by atoms with Crippen molar-refractivity contribution in [2.24, 2.45) is 5.73 Å². The van der Waals surface area contributed by atoms with Gasteiger partial charge in [0, 0.05) is 24.0 Å². The first kappa shape index (κ1) is 16.3. The summed E-state index contributed by atoms with van der Waals surface area (Å²) in [6.07, 6.45) is 7.22. The minimum absolute atomic E-state index is 0.292. The van der Waals surface area contributed by atoms with E-state index >= 15 is 0 Å². The number of carbonyl (C=O) groups excluding carboxylic acids is 1. The van der Waals surface area contributed by atoms with Crippen molar-refractivity contribution in [1.29, 1.82) is 0 Å². The van der Waals surface area contributed by atoms with Crippen molar-refractivity contribution >= 4 is 17.5 Å². The fourth-order valence-corrected chi connectivity index (χ4v) is 2.64. The number of amides is 1. The lowest BCUT2D eigenvalue weighted by Crippen LogP contribution is -2.32. The van der Waals surface area contributed by atoms with Crippen LogP contribution in [0.15, 0.2) is 24.3 Å². The Hall–Kier alpha value is -1.06. The smallest absolute Gasteiger partial charge is 0.223 e. The first-order valence-corrected chi connectivity index (χ1v) is 8.32. The minimum Gasteiger partial charge on any atom is -0.335 e. The van der Waals surface area contributed by atoms with Crippen LogP contribution in [0.3, 0.4) is 0 Å². The third kappa shape index (κ3) is 5.68. The number of carbonyl (C=O) groups is 1. The third-order valence-corrected chi connectivity index (χ3v) is 4.17. The Morgan fingerprint density at radius 1 is 1.14 bits per heavy atom. The second-order valence-electron chi connectivity index (χ2n) is 5.83. The molecule has 1 fully saturated rings. The second-order valence-corrected chi connectivity index (χ2v) is 6.27. The van der Waals surface area contributed by atoms with Crippen molar-refractivity contribution in [3.8, 4) is 0 Å². The van der Waals surface area contributed by atoms with Crippen LogP contribution >= 0.6 is 11.6 Å². The molecule has 0 aromatic heterocycles. The van der Waals surface area contributed by atoms with E-state index in [0.29, 0.717) is 24.9 Å². The van der Waals surface area contributed by atoms with Gasteiger partial charge < -0.3 is 10.6 Å². The molecule has 3 nitrogen and oxygen atoms in total. The van der Waals surface area contributed by atoms with Gasteiger partial charge in [-0.15, -0.1) is 0 Å². The van der Waals surface area contributed by atoms with Crippen molar-refractivity contribution in [1.82, 2.24) is 4.90 Å². The molecule has 2 N–H and O–H groups in total. The number of benzene rings is 1. The third-order valence-electron chi connectivity index (χ3n) is 3.92. The van der Waals surface area contributed by atoms with Gasteiger partial charge in [-0.05, 0) is 49.9 Å². The van der Waals surface area contributed by atoms with Crippen LogP contribution in [0.4, 0.5) is 0 Å². The number of hydrogen-bond acceptors (Lipinski definition) is 2. The molecule has 1 amide bonds. The molecule has 1 aliphatic carbocycles. The summed E-state index contributed by atoms with van der Waals surface area (Å²) in [7, 11) is 0. The van der Waals surface area contributed by atoms with Gasteiger partial charge in [-0.1, -0.05) is 36.6 Å². The Bertz CT molecular complexity index is 443. The van der Waals surface area contributed by atoms with E-state index in [4.69, 9.17) is 17.3 Å². The molecule has 0 spiro atoms. The Morgan fingerprint density at radius 3 is 2.43 bits per heavy atom. The van der Waals surface area contributed by atoms with E-state index in [0.717, 1.165) is 55.7 Å². The molecule has 2 rings (SSSR count). The van der Waals surface area contributed by atoms with Gasteiger partial charge in [0.25, 0.3) is 0 Å². The Balaban J connectivity index is 1.81. The lowest BCUT2D eigenvalue weighted by Gasteiger charge is -2.22. The van der Waals surface area contributed by atoms with E-state index in [-0.39, 0.29) is 0 Å². The van der Waals surface area contributed by atoms with Crippen LogP contribution in [0.5, 0.6) is 0 Å². The summed E-state index contributed by atoms with van der Waals surface area (Å²) < 4.78 is 0. The monoisotopic (exact) mass is 308 g/mol. The van der Waals surface area contributed by atoms with Crippen LogP contribution in [0.25, 0.3) is 0 Å². The quantitative estimate of drug-likeness (QED) is 0.706. The predicted molar refractivity (Wildman–Crippen MR) is 87.2 cm³/mol. The van der Waals surface area contributed by atoms with E-state index in [1.165, 1.54) is 0 Å². The zero-order valence-corrected chi connectivity index (χ0v) is 13.3. The maximum absolute atomic E-state index is 12.4. The van der Waals surface area contributed by atoms with Gasteiger partial charge in [0.1, 0.15) is 0 Å². The Kier molecular flexibility index (Phi) is 6.52. The van der Waals surface area contributed by atoms with Gasteiger partial charge in [-0.2, -0.15) is 0 Å². The fraction of sp³-hybridized carbons (Fsp3) is 0.588. The van der Waals surface area contributed by atoms with Gasteiger partial charge >= 0.3 is 0 Å². The standard InChI is InChI=1S/C17H25ClN2O/c18-15-8-6-14(7-9-15)13-20(16-10-11-16)17(21)5-3-1-2-4-12-19/h6-9,16H,1-5,10-13,19H2. The molecule has 0 saturated heterocycles. The van der Waals surface area contributed by atoms with E-state index in [1.807, 2.05) is 29.2 Å². The first-order chi connectivity index (χ1) is 10.2. The van der Waals surface area contributed by atoms with Crippen LogP contribution in [0.2, 0.25) is 5.02 Å². The van der Waals surface area contributed by atoms with Crippen LogP contribution in [-0.2, 0) is 11.3 Å². The molecule has 0 heterocycles. The molecule has 1 saturated carbocycles. The van der Waals surface area contributed by atoms with Crippen molar-refractivity contribution in [2.45, 2.75) is 57.5 Å². The maximum atomic E-state index is 12.4. The number of nitrogens with zero attached hydrogens (tertiary/aromatic N) is 1. The molecule has 0 unspecified atom stereocenters. The van der Waals surface area contributed by atoms with E-state index in [1.54, 1.807) is 0 Å². The molecule has 1 aromatic rings. The predicted octanol–water partition coefficient (Wildman–Crippen LogP) is 3.74. The highest BCUT2D eigenvalue weighted by Crippen LogP contribution is 2.29. The first-order valence-electron chi connectivity index (χ1n) is 7.94. The number of halogens is 1. The molecule has 0 radical (unpaired) electrons. The zero-order chi connectivity index (χ0) is 15.1. The topological polar surface area (TPSA) is 46.3 Å². The molecule has 0 atom stereocenters. The summed E-state index contributed by atoms with van der Waals surface area (Å²) in [6, 6.07) is 8.24. The molecule has 0 aliphatic heterocycles. The summed E-state index contributed by atoms with van der Waals surface area (Å²) in [4.78, 5) is 14.5. The average molecular weight is 309 g/mol. The van der Waals surface area contributed by atoms with Gasteiger partial charge in [0.2, 0.25) is 5.91 Å². The second kappa shape index (κ2) is 8.40. The number of unbranched alkanes of at least 4 members (excludes halogenated alkanes) is 3. The summed E-state index contributed by atoms with van der Waals surface area (Å²) >= 11 is 5.91. The lowest BCUT2D eigenvalue weighted by atomic mass is 10.1. The molecule has 1 aromatic carbocycles. The average Bonchev–Trinajstić information content (AvgIpc) is 3.31. The molecular weight excluding hydrogens is 284 g/mol. The minimum atomic E-state index is 0.292. The fourth-order valence-electron chi connectivity index (χ4n) is 2.51. The van der Waals surface area contributed by atoms with Crippen LogP contribution in [0.1, 0.15) is 50.5 Å². The zero-order valence-electron chi connectivity index (χ0n) is 12.6. The highest BCUT2D eigenvalue weighted by Gasteiger charge is 2.31. The molecule has 4 heteroatoms. The number of nitrogens with two attached hydrogens (primary N) is 1. The summed E-state index contributed by atoms with van der Waals surface area (Å²) in [6.45, 7) is 1.46. The molecule has 1 aliphatic rings. The lowest BCUT2D eigenvalue weighted by molar-refractivity contribution is -0.132. The number of rotatable bonds is 9. The van der Waals surface area contributed by atoms with Crippen LogP contribution < -0.4 is 5.73 Å². The van der Waals surface area contributed by atoms with Gasteiger partial charge in [0.15, 0.2) is 0 Å². The van der Waals surface area contributed by atoms with Crippen LogP contribution in [-0.4, -0.2) is 23.4 Å². The molecular formula is C17H25ClN2O. The summed E-state index contributed by atoms with van der Waals surface area (Å²) in [5.74, 6) is 0.292. The molecule has 0 bridgehead atoms. The van der Waals surface area contributed by atoms with Crippen molar-refractivity contribution in [3.05, 3.63) is 34.9 Å². The molecule has 21 heavy (non-hydrogen) atoms. The van der Waals surface area contributed by atoms with Gasteiger partial charge in [-0.3, -0.25) is 4.79 Å². The van der Waals surface area contributed by atoms with Crippen molar-refractivity contribution in [3.63, 3.8) is 0 Å². The Morgan fingerprint density at radius 2 is 1.81 bits per heavy atom. The van der Waals surface area contributed by atoms with E-state index in [2.05, 4.69) is 0 Å². The number of hydrogen-bond donors (Lipinski definition) is 1. The normalized spacial score (nSPS) is 14.2. The maximum Gasteiger partial charge on any atom is 0.223 e. The van der Waals surface area contributed by atoms with Gasteiger partial charge in [-0.25, -0.2) is 0 Å². The van der Waals surface area contributed by atoms with Crippen LogP contribution in [0, 0.1) is 0 Å². The SMILES string of the molecule is NCCCCCCC(=O)N(Cc1ccc(Cl)cc1)C1CC1. The van der Waals surface area contributed by atoms with E-state index < -0.39 is 0 Å². The van der Waals surface area contributed by atoms with Crippen molar-refractivity contribution in [2.75, 3.05) is 6.54 Å². The summed E-state index contributed by atoms with van der Waals surface area (Å²) in [5, 5.41) is 0.739. The highest BCUT2D eigenvalue weighted by atomic mass is 35.5. The van der Waals surface area contributed by atoms with Crippen molar-refractivity contribution < 1.29 is 4.79 Å².